The van der Waals surface area contributed by atoms with Crippen LogP contribution in [0.1, 0.15) is 0 Å². The molecule has 132 valence electrons. The van der Waals surface area contributed by atoms with Crippen molar-refractivity contribution in [2.75, 3.05) is 43.4 Å². The molecule has 2 aromatic carbocycles. The fourth-order valence-corrected chi connectivity index (χ4v) is 3.88. The molecule has 0 radical (unpaired) electrons. The topological polar surface area (TPSA) is 49.6 Å². The zero-order valence-corrected chi connectivity index (χ0v) is 15.4. The summed E-state index contributed by atoms with van der Waals surface area (Å²) < 4.78 is 0. The van der Waals surface area contributed by atoms with Gasteiger partial charge in [0, 0.05) is 66.2 Å². The molecule has 3 rings (SSSR count). The first kappa shape index (κ1) is 18.0. The fraction of sp³-hybridized carbons (Fsp3) is 0.333. The lowest BCUT2D eigenvalue weighted by molar-refractivity contribution is -0.384. The van der Waals surface area contributed by atoms with E-state index >= 15 is 0 Å². The first-order valence-corrected chi connectivity index (χ1v) is 9.58. The molecule has 7 heteroatoms. The van der Waals surface area contributed by atoms with Crippen molar-refractivity contribution in [3.63, 3.8) is 0 Å². The van der Waals surface area contributed by atoms with Gasteiger partial charge in [0.05, 0.1) is 4.92 Å². The molecule has 1 aliphatic rings. The molecule has 5 nitrogen and oxygen atoms in total. The van der Waals surface area contributed by atoms with Crippen LogP contribution in [0.3, 0.4) is 0 Å². The van der Waals surface area contributed by atoms with Crippen LogP contribution < -0.4 is 4.90 Å². The third-order valence-corrected chi connectivity index (χ3v) is 5.53. The molecule has 0 atom stereocenters. The van der Waals surface area contributed by atoms with Crippen LogP contribution in [0.25, 0.3) is 0 Å². The zero-order valence-electron chi connectivity index (χ0n) is 13.8. The highest BCUT2D eigenvalue weighted by Gasteiger charge is 2.17. The van der Waals surface area contributed by atoms with Crippen LogP contribution in [-0.2, 0) is 0 Å². The van der Waals surface area contributed by atoms with Gasteiger partial charge in [-0.1, -0.05) is 11.6 Å². The van der Waals surface area contributed by atoms with Crippen LogP contribution in [0.2, 0.25) is 5.02 Å². The number of nitrogens with zero attached hydrogens (tertiary/aromatic N) is 3. The minimum atomic E-state index is -0.361. The molecule has 25 heavy (non-hydrogen) atoms. The zero-order chi connectivity index (χ0) is 17.6. The van der Waals surface area contributed by atoms with Crippen molar-refractivity contribution in [2.24, 2.45) is 0 Å². The van der Waals surface area contributed by atoms with Crippen LogP contribution in [0, 0.1) is 10.1 Å². The Balaban J connectivity index is 1.42. The Kier molecular flexibility index (Phi) is 6.18. The number of rotatable bonds is 6. The molecule has 0 unspecified atom stereocenters. The number of nitro benzene ring substituents is 1. The maximum atomic E-state index is 10.7. The summed E-state index contributed by atoms with van der Waals surface area (Å²) in [5, 5.41) is 11.5. The van der Waals surface area contributed by atoms with Gasteiger partial charge in [0.1, 0.15) is 0 Å². The van der Waals surface area contributed by atoms with E-state index < -0.39 is 0 Å². The Hall–Kier alpha value is -1.76. The van der Waals surface area contributed by atoms with E-state index in [2.05, 4.69) is 21.9 Å². The van der Waals surface area contributed by atoms with E-state index in [0.717, 1.165) is 49.2 Å². The molecule has 0 spiro atoms. The van der Waals surface area contributed by atoms with E-state index in [1.165, 1.54) is 4.90 Å². The van der Waals surface area contributed by atoms with Gasteiger partial charge in [0.25, 0.3) is 5.69 Å². The highest BCUT2D eigenvalue weighted by Crippen LogP contribution is 2.22. The monoisotopic (exact) mass is 377 g/mol. The molecule has 1 saturated heterocycles. The molecule has 2 aromatic rings. The van der Waals surface area contributed by atoms with Gasteiger partial charge in [-0.3, -0.25) is 15.0 Å². The van der Waals surface area contributed by atoms with Gasteiger partial charge in [0.15, 0.2) is 0 Å². The van der Waals surface area contributed by atoms with Crippen molar-refractivity contribution in [3.8, 4) is 0 Å². The highest BCUT2D eigenvalue weighted by atomic mass is 35.5. The Morgan fingerprint density at radius 3 is 2.24 bits per heavy atom. The minimum Gasteiger partial charge on any atom is -0.369 e. The number of benzene rings is 2. The smallest absolute Gasteiger partial charge is 0.269 e. The quantitative estimate of drug-likeness (QED) is 0.429. The molecule has 1 fully saturated rings. The second-order valence-corrected chi connectivity index (χ2v) is 7.51. The number of hydrogen-bond donors (Lipinski definition) is 0. The van der Waals surface area contributed by atoms with E-state index in [-0.39, 0.29) is 10.6 Å². The summed E-state index contributed by atoms with van der Waals surface area (Å²) in [6, 6.07) is 14.8. The predicted octanol–water partition coefficient (Wildman–Crippen LogP) is 4.16. The Labute approximate surface area is 156 Å². The normalized spacial score (nSPS) is 15.3. The van der Waals surface area contributed by atoms with Gasteiger partial charge < -0.3 is 4.90 Å². The number of anilines is 1. The number of non-ortho nitro benzene ring substituents is 1. The second kappa shape index (κ2) is 8.56. The second-order valence-electron chi connectivity index (χ2n) is 5.90. The van der Waals surface area contributed by atoms with Crippen LogP contribution >= 0.6 is 23.4 Å². The lowest BCUT2D eigenvalue weighted by Crippen LogP contribution is -2.47. The molecule has 0 aromatic heterocycles. The van der Waals surface area contributed by atoms with Crippen LogP contribution in [-0.4, -0.2) is 48.3 Å². The first-order valence-electron chi connectivity index (χ1n) is 8.22. The SMILES string of the molecule is O=[N+]([O-])c1ccc(N2CCN(CCSc3ccc(Cl)cc3)CC2)cc1. The molecular weight excluding hydrogens is 358 g/mol. The predicted molar refractivity (Wildman–Crippen MR) is 104 cm³/mol. The average Bonchev–Trinajstić information content (AvgIpc) is 2.64. The van der Waals surface area contributed by atoms with Gasteiger partial charge in [-0.15, -0.1) is 11.8 Å². The summed E-state index contributed by atoms with van der Waals surface area (Å²) in [6.45, 7) is 4.98. The van der Waals surface area contributed by atoms with Gasteiger partial charge in [-0.25, -0.2) is 0 Å². The molecule has 0 bridgehead atoms. The molecule has 0 aliphatic carbocycles. The number of halogens is 1. The van der Waals surface area contributed by atoms with Gasteiger partial charge in [-0.2, -0.15) is 0 Å². The Morgan fingerprint density at radius 2 is 1.64 bits per heavy atom. The summed E-state index contributed by atoms with van der Waals surface area (Å²) in [5.41, 5.74) is 1.20. The maximum Gasteiger partial charge on any atom is 0.269 e. The Morgan fingerprint density at radius 1 is 1.00 bits per heavy atom. The van der Waals surface area contributed by atoms with E-state index in [0.29, 0.717) is 0 Å². The van der Waals surface area contributed by atoms with Crippen molar-refractivity contribution in [2.45, 2.75) is 4.90 Å². The summed E-state index contributed by atoms with van der Waals surface area (Å²) in [5.74, 6) is 1.05. The number of piperazine rings is 1. The van der Waals surface area contributed by atoms with Gasteiger partial charge >= 0.3 is 0 Å². The molecule has 0 N–H and O–H groups in total. The molecule has 1 heterocycles. The van der Waals surface area contributed by atoms with Gasteiger partial charge in [-0.05, 0) is 36.4 Å². The van der Waals surface area contributed by atoms with E-state index in [1.807, 2.05) is 36.0 Å². The third-order valence-electron chi connectivity index (χ3n) is 4.29. The highest BCUT2D eigenvalue weighted by molar-refractivity contribution is 7.99. The van der Waals surface area contributed by atoms with Crippen molar-refractivity contribution < 1.29 is 4.92 Å². The van der Waals surface area contributed by atoms with Crippen molar-refractivity contribution in [1.29, 1.82) is 0 Å². The lowest BCUT2D eigenvalue weighted by atomic mass is 10.2. The van der Waals surface area contributed by atoms with Gasteiger partial charge in [0.2, 0.25) is 0 Å². The van der Waals surface area contributed by atoms with E-state index in [1.54, 1.807) is 12.1 Å². The first-order chi connectivity index (χ1) is 12.1. The van der Waals surface area contributed by atoms with Crippen LogP contribution in [0.15, 0.2) is 53.4 Å². The lowest BCUT2D eigenvalue weighted by Gasteiger charge is -2.36. The molecule has 0 amide bonds. The van der Waals surface area contributed by atoms with E-state index in [9.17, 15) is 10.1 Å². The van der Waals surface area contributed by atoms with E-state index in [4.69, 9.17) is 11.6 Å². The largest absolute Gasteiger partial charge is 0.369 e. The summed E-state index contributed by atoms with van der Waals surface area (Å²) in [6.07, 6.45) is 0. The Bertz CT molecular complexity index is 701. The summed E-state index contributed by atoms with van der Waals surface area (Å²) >= 11 is 7.75. The minimum absolute atomic E-state index is 0.140. The number of hydrogen-bond acceptors (Lipinski definition) is 5. The third kappa shape index (κ3) is 5.11. The van der Waals surface area contributed by atoms with Crippen molar-refractivity contribution in [1.82, 2.24) is 4.90 Å². The average molecular weight is 378 g/mol. The summed E-state index contributed by atoms with van der Waals surface area (Å²) in [4.78, 5) is 16.4. The molecular formula is C18H20ClN3O2S. The van der Waals surface area contributed by atoms with Crippen molar-refractivity contribution in [3.05, 3.63) is 63.7 Å². The van der Waals surface area contributed by atoms with Crippen LogP contribution in [0.4, 0.5) is 11.4 Å². The summed E-state index contributed by atoms with van der Waals surface area (Å²) in [7, 11) is 0. The standard InChI is InChI=1S/C18H20ClN3O2S/c19-15-1-7-18(8-2-15)25-14-13-20-9-11-21(12-10-20)16-3-5-17(6-4-16)22(23)24/h1-8H,9-14H2. The van der Waals surface area contributed by atoms with Crippen LogP contribution in [0.5, 0.6) is 0 Å². The molecule has 0 saturated carbocycles. The number of thioether (sulfide) groups is 1. The maximum absolute atomic E-state index is 10.7. The number of nitro groups is 1. The molecule has 1 aliphatic heterocycles. The fourth-order valence-electron chi connectivity index (χ4n) is 2.84. The van der Waals surface area contributed by atoms with Crippen molar-refractivity contribution >= 4 is 34.7 Å².